The lowest BCUT2D eigenvalue weighted by Gasteiger charge is -2.42. The summed E-state index contributed by atoms with van der Waals surface area (Å²) in [4.78, 5) is 12.8. The van der Waals surface area contributed by atoms with E-state index in [-0.39, 0.29) is 11.7 Å². The molecule has 0 aliphatic carbocycles. The van der Waals surface area contributed by atoms with Crippen LogP contribution in [0.25, 0.3) is 0 Å². The minimum Gasteiger partial charge on any atom is -0.485 e. The first kappa shape index (κ1) is 28.2. The third-order valence-corrected chi connectivity index (χ3v) is 8.06. The molecule has 1 aliphatic heterocycles. The van der Waals surface area contributed by atoms with Gasteiger partial charge in [0.05, 0.1) is 11.8 Å². The van der Waals surface area contributed by atoms with Gasteiger partial charge in [0.25, 0.3) is 5.91 Å². The monoisotopic (exact) mass is 516 g/mol. The van der Waals surface area contributed by atoms with Crippen molar-refractivity contribution < 1.29 is 23.1 Å². The van der Waals surface area contributed by atoms with Crippen molar-refractivity contribution in [1.29, 1.82) is 0 Å². The van der Waals surface area contributed by atoms with Crippen molar-refractivity contribution in [2.24, 2.45) is 0 Å². The molecule has 3 N–H and O–H groups in total. The summed E-state index contributed by atoms with van der Waals surface area (Å²) in [6, 6.07) is 13.9. The molecule has 0 fully saturated rings. The van der Waals surface area contributed by atoms with E-state index in [1.807, 2.05) is 30.3 Å². The molecule has 0 radical (unpaired) electrons. The van der Waals surface area contributed by atoms with E-state index >= 15 is 0 Å². The Hall–Kier alpha value is -2.42. The molecule has 0 aromatic heterocycles. The molecule has 1 amide bonds. The van der Waals surface area contributed by atoms with Crippen molar-refractivity contribution in [3.63, 3.8) is 0 Å². The first-order chi connectivity index (χ1) is 17.1. The Balaban J connectivity index is 1.70. The van der Waals surface area contributed by atoms with Crippen molar-refractivity contribution in [3.8, 4) is 5.75 Å². The molecule has 1 heterocycles. The average molecular weight is 517 g/mol. The van der Waals surface area contributed by atoms with E-state index in [1.165, 1.54) is 0 Å². The summed E-state index contributed by atoms with van der Waals surface area (Å²) in [6.45, 7) is 6.06. The SMILES string of the molecule is CCCCCCCCS(=O)(=O)N[C@@H]1c2cc(C(=O)NCCc3ccccc3)ccc2OC(C)(C)[C@H]1O. The van der Waals surface area contributed by atoms with E-state index < -0.39 is 27.8 Å². The zero-order valence-corrected chi connectivity index (χ0v) is 22.4. The molecule has 0 unspecified atom stereocenters. The summed E-state index contributed by atoms with van der Waals surface area (Å²) in [6.07, 6.45) is 5.43. The number of amides is 1. The third-order valence-electron chi connectivity index (χ3n) is 6.62. The van der Waals surface area contributed by atoms with Crippen molar-refractivity contribution in [1.82, 2.24) is 10.0 Å². The number of carbonyl (C=O) groups excluding carboxylic acids is 1. The molecular formula is C28H40N2O5S. The fraction of sp³-hybridized carbons (Fsp3) is 0.536. The smallest absolute Gasteiger partial charge is 0.251 e. The van der Waals surface area contributed by atoms with Crippen molar-refractivity contribution >= 4 is 15.9 Å². The fourth-order valence-corrected chi connectivity index (χ4v) is 5.81. The molecule has 7 nitrogen and oxygen atoms in total. The lowest BCUT2D eigenvalue weighted by atomic mass is 9.86. The van der Waals surface area contributed by atoms with Crippen LogP contribution in [0.5, 0.6) is 5.75 Å². The molecule has 1 aliphatic rings. The number of fused-ring (bicyclic) bond motifs is 1. The minimum absolute atomic E-state index is 0.00136. The van der Waals surface area contributed by atoms with Crippen LogP contribution in [0.3, 0.4) is 0 Å². The van der Waals surface area contributed by atoms with Crippen LogP contribution in [0.2, 0.25) is 0 Å². The van der Waals surface area contributed by atoms with Gasteiger partial charge >= 0.3 is 0 Å². The van der Waals surface area contributed by atoms with Gasteiger partial charge in [-0.1, -0.05) is 69.4 Å². The summed E-state index contributed by atoms with van der Waals surface area (Å²) in [5.74, 6) is 0.193. The third kappa shape index (κ3) is 7.79. The maximum absolute atomic E-state index is 12.9. The number of ether oxygens (including phenoxy) is 1. The highest BCUT2D eigenvalue weighted by Crippen LogP contribution is 2.40. The van der Waals surface area contributed by atoms with Crippen LogP contribution in [0.4, 0.5) is 0 Å². The Morgan fingerprint density at radius 1 is 1.03 bits per heavy atom. The van der Waals surface area contributed by atoms with Crippen molar-refractivity contribution in [2.45, 2.75) is 83.5 Å². The number of unbranched alkanes of at least 4 members (excludes halogenated alkanes) is 5. The number of benzene rings is 2. The molecule has 8 heteroatoms. The fourth-order valence-electron chi connectivity index (χ4n) is 4.46. The quantitative estimate of drug-likeness (QED) is 0.340. The molecule has 198 valence electrons. The van der Waals surface area contributed by atoms with Crippen LogP contribution in [0.15, 0.2) is 48.5 Å². The Bertz CT molecular complexity index is 1100. The zero-order valence-electron chi connectivity index (χ0n) is 21.6. The van der Waals surface area contributed by atoms with Crippen molar-refractivity contribution in [3.05, 3.63) is 65.2 Å². The van der Waals surface area contributed by atoms with Gasteiger partial charge in [-0.2, -0.15) is 0 Å². The lowest BCUT2D eigenvalue weighted by molar-refractivity contribution is -0.0603. The Labute approximate surface area is 215 Å². The van der Waals surface area contributed by atoms with Gasteiger partial charge in [0.1, 0.15) is 17.5 Å². The zero-order chi connectivity index (χ0) is 26.2. The Morgan fingerprint density at radius 3 is 2.44 bits per heavy atom. The highest BCUT2D eigenvalue weighted by Gasteiger charge is 2.44. The first-order valence-corrected chi connectivity index (χ1v) is 14.6. The second-order valence-corrected chi connectivity index (χ2v) is 12.0. The second kappa shape index (κ2) is 12.7. The summed E-state index contributed by atoms with van der Waals surface area (Å²) in [7, 11) is -3.64. The number of nitrogens with one attached hydrogen (secondary N) is 2. The number of rotatable bonds is 13. The van der Waals surface area contributed by atoms with E-state index in [0.29, 0.717) is 36.3 Å². The number of hydrogen-bond donors (Lipinski definition) is 3. The largest absolute Gasteiger partial charge is 0.485 e. The Morgan fingerprint density at radius 2 is 1.72 bits per heavy atom. The summed E-state index contributed by atoms with van der Waals surface area (Å²) < 4.78 is 34.5. The van der Waals surface area contributed by atoms with Gasteiger partial charge in [0.15, 0.2) is 0 Å². The normalized spacial score (nSPS) is 18.8. The molecule has 2 aromatic carbocycles. The molecular weight excluding hydrogens is 476 g/mol. The van der Waals surface area contributed by atoms with Crippen LogP contribution >= 0.6 is 0 Å². The molecule has 36 heavy (non-hydrogen) atoms. The van der Waals surface area contributed by atoms with Crippen LogP contribution in [0, 0.1) is 0 Å². The molecule has 0 bridgehead atoms. The summed E-state index contributed by atoms with van der Waals surface area (Å²) in [5.41, 5.74) is 0.975. The Kier molecular flexibility index (Phi) is 9.93. The molecule has 0 spiro atoms. The average Bonchev–Trinajstić information content (AvgIpc) is 2.84. The number of aliphatic hydroxyl groups excluding tert-OH is 1. The molecule has 2 atom stereocenters. The van der Waals surface area contributed by atoms with E-state index in [0.717, 1.165) is 37.7 Å². The summed E-state index contributed by atoms with van der Waals surface area (Å²) in [5, 5.41) is 13.9. The van der Waals surface area contributed by atoms with E-state index in [1.54, 1.807) is 32.0 Å². The molecule has 2 aromatic rings. The predicted octanol–water partition coefficient (Wildman–Crippen LogP) is 4.51. The number of aliphatic hydroxyl groups is 1. The van der Waals surface area contributed by atoms with Gasteiger partial charge in [-0.15, -0.1) is 0 Å². The predicted molar refractivity (Wildman–Crippen MR) is 143 cm³/mol. The molecule has 0 saturated heterocycles. The topological polar surface area (TPSA) is 105 Å². The van der Waals surface area contributed by atoms with Gasteiger partial charge in [0, 0.05) is 17.7 Å². The van der Waals surface area contributed by atoms with Crippen LogP contribution in [0.1, 0.15) is 86.8 Å². The number of hydrogen-bond acceptors (Lipinski definition) is 5. The minimum atomic E-state index is -3.64. The van der Waals surface area contributed by atoms with Gasteiger partial charge < -0.3 is 15.2 Å². The van der Waals surface area contributed by atoms with E-state index in [4.69, 9.17) is 4.74 Å². The van der Waals surface area contributed by atoms with Gasteiger partial charge in [0.2, 0.25) is 10.0 Å². The van der Waals surface area contributed by atoms with Gasteiger partial charge in [-0.05, 0) is 50.5 Å². The summed E-state index contributed by atoms with van der Waals surface area (Å²) >= 11 is 0. The highest BCUT2D eigenvalue weighted by molar-refractivity contribution is 7.89. The van der Waals surface area contributed by atoms with Crippen LogP contribution in [-0.2, 0) is 16.4 Å². The number of sulfonamides is 1. The maximum Gasteiger partial charge on any atom is 0.251 e. The van der Waals surface area contributed by atoms with Crippen LogP contribution < -0.4 is 14.8 Å². The van der Waals surface area contributed by atoms with Gasteiger partial charge in [-0.3, -0.25) is 4.79 Å². The lowest BCUT2D eigenvalue weighted by Crippen LogP contribution is -2.53. The van der Waals surface area contributed by atoms with Gasteiger partial charge in [-0.25, -0.2) is 13.1 Å². The van der Waals surface area contributed by atoms with Crippen LogP contribution in [-0.4, -0.2) is 43.4 Å². The van der Waals surface area contributed by atoms with E-state index in [9.17, 15) is 18.3 Å². The number of carbonyl (C=O) groups is 1. The molecule has 0 saturated carbocycles. The van der Waals surface area contributed by atoms with Crippen molar-refractivity contribution in [2.75, 3.05) is 12.3 Å². The van der Waals surface area contributed by atoms with E-state index in [2.05, 4.69) is 17.0 Å². The maximum atomic E-state index is 12.9. The second-order valence-electron chi connectivity index (χ2n) is 10.1. The molecule has 3 rings (SSSR count). The highest BCUT2D eigenvalue weighted by atomic mass is 32.2. The standard InChI is InChI=1S/C28H40N2O5S/c1-4-5-6-7-8-12-19-36(33,34)30-25-23-20-22(15-16-24(23)35-28(2,3)26(25)31)27(32)29-18-17-21-13-10-9-11-14-21/h9-11,13-16,20,25-26,30-31H,4-8,12,17-19H2,1-3H3,(H,29,32)/t25-,26+/m1/s1. The first-order valence-electron chi connectivity index (χ1n) is 13.0.